The van der Waals surface area contributed by atoms with Crippen LogP contribution in [0.3, 0.4) is 0 Å². The first-order valence-electron chi connectivity index (χ1n) is 7.19. The lowest BCUT2D eigenvalue weighted by Crippen LogP contribution is -2.52. The third kappa shape index (κ3) is 3.51. The van der Waals surface area contributed by atoms with Crippen molar-refractivity contribution in [1.29, 1.82) is 0 Å². The molecule has 1 heterocycles. The average Bonchev–Trinajstić information content (AvgIpc) is 2.51. The van der Waals surface area contributed by atoms with Gasteiger partial charge in [-0.3, -0.25) is 9.69 Å². The van der Waals surface area contributed by atoms with E-state index in [0.29, 0.717) is 26.2 Å². The number of phenols is 1. The molecule has 0 saturated carbocycles. The molecule has 0 bridgehead atoms. The van der Waals surface area contributed by atoms with E-state index in [9.17, 15) is 19.4 Å². The summed E-state index contributed by atoms with van der Waals surface area (Å²) in [5, 5.41) is 19.0. The van der Waals surface area contributed by atoms with Crippen LogP contribution in [0.4, 0.5) is 4.39 Å². The zero-order valence-corrected chi connectivity index (χ0v) is 12.1. The second-order valence-corrected chi connectivity index (χ2v) is 5.23. The van der Waals surface area contributed by atoms with Crippen LogP contribution in [0, 0.1) is 5.82 Å². The Morgan fingerprint density at radius 3 is 2.57 bits per heavy atom. The summed E-state index contributed by atoms with van der Waals surface area (Å²) in [5.41, 5.74) is -0.00218. The number of rotatable bonds is 4. The minimum Gasteiger partial charge on any atom is -0.507 e. The number of aliphatic hydroxyl groups excluding tert-OH is 1. The number of hydrogen-bond acceptors (Lipinski definition) is 4. The monoisotopic (exact) mass is 296 g/mol. The Bertz CT molecular complexity index is 498. The zero-order valence-electron chi connectivity index (χ0n) is 12.1. The van der Waals surface area contributed by atoms with E-state index in [4.69, 9.17) is 0 Å². The number of hydrogen-bond donors (Lipinski definition) is 2. The molecule has 1 fully saturated rings. The van der Waals surface area contributed by atoms with Gasteiger partial charge in [0.2, 0.25) is 0 Å². The number of aliphatic hydroxyl groups is 1. The van der Waals surface area contributed by atoms with Gasteiger partial charge in [0.1, 0.15) is 11.6 Å². The van der Waals surface area contributed by atoms with Gasteiger partial charge in [-0.1, -0.05) is 6.92 Å². The average molecular weight is 296 g/mol. The fourth-order valence-electron chi connectivity index (χ4n) is 2.64. The molecule has 2 N–H and O–H groups in total. The number of nitrogens with zero attached hydrogens (tertiary/aromatic N) is 2. The molecule has 116 valence electrons. The minimum absolute atomic E-state index is 0.00218. The topological polar surface area (TPSA) is 64.0 Å². The van der Waals surface area contributed by atoms with E-state index in [-0.39, 0.29) is 29.9 Å². The number of halogens is 1. The molecule has 0 aliphatic carbocycles. The molecule has 1 aromatic rings. The fourth-order valence-corrected chi connectivity index (χ4v) is 2.64. The highest BCUT2D eigenvalue weighted by Crippen LogP contribution is 2.21. The van der Waals surface area contributed by atoms with Gasteiger partial charge in [0.05, 0.1) is 12.2 Å². The van der Waals surface area contributed by atoms with E-state index < -0.39 is 5.82 Å². The fraction of sp³-hybridized carbons (Fsp3) is 0.533. The van der Waals surface area contributed by atoms with Crippen molar-refractivity contribution in [3.8, 4) is 5.75 Å². The summed E-state index contributed by atoms with van der Waals surface area (Å²) in [7, 11) is 0. The Morgan fingerprint density at radius 1 is 1.33 bits per heavy atom. The lowest BCUT2D eigenvalue weighted by atomic mass is 10.1. The van der Waals surface area contributed by atoms with Gasteiger partial charge in [-0.25, -0.2) is 4.39 Å². The number of piperazine rings is 1. The third-order valence-electron chi connectivity index (χ3n) is 3.99. The van der Waals surface area contributed by atoms with Crippen LogP contribution in [0.2, 0.25) is 0 Å². The second-order valence-electron chi connectivity index (χ2n) is 5.23. The predicted molar refractivity (Wildman–Crippen MR) is 76.7 cm³/mol. The van der Waals surface area contributed by atoms with Gasteiger partial charge in [-0.05, 0) is 24.6 Å². The van der Waals surface area contributed by atoms with Gasteiger partial charge < -0.3 is 15.1 Å². The maximum atomic E-state index is 13.2. The van der Waals surface area contributed by atoms with E-state index in [1.807, 2.05) is 6.92 Å². The first-order valence-corrected chi connectivity index (χ1v) is 7.19. The molecule has 1 aromatic carbocycles. The van der Waals surface area contributed by atoms with E-state index in [1.165, 1.54) is 6.07 Å². The van der Waals surface area contributed by atoms with E-state index in [0.717, 1.165) is 18.6 Å². The van der Waals surface area contributed by atoms with Crippen LogP contribution in [-0.2, 0) is 0 Å². The van der Waals surface area contributed by atoms with Gasteiger partial charge in [0.15, 0.2) is 0 Å². The van der Waals surface area contributed by atoms with Crippen LogP contribution in [0.5, 0.6) is 5.75 Å². The lowest BCUT2D eigenvalue weighted by Gasteiger charge is -2.38. The van der Waals surface area contributed by atoms with E-state index in [2.05, 4.69) is 4.90 Å². The maximum absolute atomic E-state index is 13.2. The van der Waals surface area contributed by atoms with Crippen molar-refractivity contribution in [3.05, 3.63) is 29.6 Å². The van der Waals surface area contributed by atoms with E-state index >= 15 is 0 Å². The first-order chi connectivity index (χ1) is 10.1. The van der Waals surface area contributed by atoms with Crippen LogP contribution in [0.15, 0.2) is 18.2 Å². The van der Waals surface area contributed by atoms with Crippen molar-refractivity contribution in [2.45, 2.75) is 19.4 Å². The summed E-state index contributed by atoms with van der Waals surface area (Å²) in [6.07, 6.45) is 0.856. The Kier molecular flexibility index (Phi) is 5.14. The van der Waals surface area contributed by atoms with Crippen LogP contribution in [0.1, 0.15) is 23.7 Å². The Morgan fingerprint density at radius 2 is 2.00 bits per heavy atom. The number of aromatic hydroxyl groups is 1. The van der Waals surface area contributed by atoms with Gasteiger partial charge in [-0.15, -0.1) is 0 Å². The van der Waals surface area contributed by atoms with Crippen LogP contribution < -0.4 is 0 Å². The van der Waals surface area contributed by atoms with Gasteiger partial charge in [0.25, 0.3) is 5.91 Å². The van der Waals surface area contributed by atoms with Crippen LogP contribution in [-0.4, -0.2) is 64.7 Å². The zero-order chi connectivity index (χ0) is 15.4. The number of phenolic OH excluding ortho intramolecular Hbond substituents is 1. The number of carbonyl (C=O) groups is 1. The Labute approximate surface area is 123 Å². The van der Waals surface area contributed by atoms with Crippen molar-refractivity contribution in [3.63, 3.8) is 0 Å². The molecule has 1 saturated heterocycles. The smallest absolute Gasteiger partial charge is 0.257 e. The largest absolute Gasteiger partial charge is 0.507 e. The SMILES string of the molecule is CCC(CO)N1CCN(C(=O)c2cc(F)ccc2O)CC1. The summed E-state index contributed by atoms with van der Waals surface area (Å²) in [5.74, 6) is -1.10. The normalized spacial score (nSPS) is 17.8. The molecule has 6 heteroatoms. The molecule has 1 amide bonds. The molecular weight excluding hydrogens is 275 g/mol. The van der Waals surface area contributed by atoms with Crippen LogP contribution in [0.25, 0.3) is 0 Å². The first kappa shape index (κ1) is 15.7. The summed E-state index contributed by atoms with van der Waals surface area (Å²) in [4.78, 5) is 16.1. The maximum Gasteiger partial charge on any atom is 0.257 e. The molecule has 1 atom stereocenters. The summed E-state index contributed by atoms with van der Waals surface area (Å²) >= 11 is 0. The standard InChI is InChI=1S/C15H21FN2O3/c1-2-12(10-19)17-5-7-18(8-6-17)15(21)13-9-11(16)3-4-14(13)20/h3-4,9,12,19-20H,2,5-8,10H2,1H3. The molecule has 0 aromatic heterocycles. The third-order valence-corrected chi connectivity index (χ3v) is 3.99. The predicted octanol–water partition coefficient (Wildman–Crippen LogP) is 1.06. The van der Waals surface area contributed by atoms with Gasteiger partial charge in [-0.2, -0.15) is 0 Å². The molecule has 1 unspecified atom stereocenters. The van der Waals surface area contributed by atoms with Gasteiger partial charge >= 0.3 is 0 Å². The molecule has 1 aliphatic rings. The quantitative estimate of drug-likeness (QED) is 0.872. The summed E-state index contributed by atoms with van der Waals surface area (Å²) in [6, 6.07) is 3.49. The number of amides is 1. The highest BCUT2D eigenvalue weighted by atomic mass is 19.1. The Hall–Kier alpha value is -1.66. The summed E-state index contributed by atoms with van der Waals surface area (Å²) in [6.45, 7) is 4.47. The molecule has 5 nitrogen and oxygen atoms in total. The molecule has 0 radical (unpaired) electrons. The van der Waals surface area contributed by atoms with Gasteiger partial charge in [0, 0.05) is 32.2 Å². The van der Waals surface area contributed by atoms with Crippen molar-refractivity contribution < 1.29 is 19.4 Å². The Balaban J connectivity index is 2.02. The van der Waals surface area contributed by atoms with E-state index in [1.54, 1.807) is 4.90 Å². The van der Waals surface area contributed by atoms with Crippen molar-refractivity contribution in [2.24, 2.45) is 0 Å². The minimum atomic E-state index is -0.541. The lowest BCUT2D eigenvalue weighted by molar-refractivity contribution is 0.0470. The highest BCUT2D eigenvalue weighted by molar-refractivity contribution is 5.96. The molecule has 21 heavy (non-hydrogen) atoms. The highest BCUT2D eigenvalue weighted by Gasteiger charge is 2.26. The summed E-state index contributed by atoms with van der Waals surface area (Å²) < 4.78 is 13.2. The van der Waals surface area contributed by atoms with Crippen molar-refractivity contribution in [2.75, 3.05) is 32.8 Å². The van der Waals surface area contributed by atoms with Crippen molar-refractivity contribution in [1.82, 2.24) is 9.80 Å². The van der Waals surface area contributed by atoms with Crippen molar-refractivity contribution >= 4 is 5.91 Å². The molecule has 0 spiro atoms. The number of benzene rings is 1. The molecule has 1 aliphatic heterocycles. The molecular formula is C15H21FN2O3. The second kappa shape index (κ2) is 6.87. The van der Waals surface area contributed by atoms with Crippen LogP contribution >= 0.6 is 0 Å². The number of carbonyl (C=O) groups excluding carboxylic acids is 1. The molecule has 2 rings (SSSR count).